The number of benzene rings is 1. The van der Waals surface area contributed by atoms with Crippen molar-refractivity contribution in [3.8, 4) is 5.75 Å². The Kier molecular flexibility index (Phi) is 6.59. The van der Waals surface area contributed by atoms with Gasteiger partial charge in [0.2, 0.25) is 0 Å². The number of fused-ring (bicyclic) bond motifs is 1. The summed E-state index contributed by atoms with van der Waals surface area (Å²) in [6, 6.07) is 5.35. The maximum atomic E-state index is 14.8. The Morgan fingerprint density at radius 3 is 2.59 bits per heavy atom. The van der Waals surface area contributed by atoms with E-state index in [4.69, 9.17) is 5.73 Å². The second-order valence-electron chi connectivity index (χ2n) is 8.68. The molecule has 3 atom stereocenters. The molecular formula is C22H19F7N4O3S. The molecule has 1 amide bonds. The van der Waals surface area contributed by atoms with Gasteiger partial charge in [0.15, 0.2) is 11.8 Å². The van der Waals surface area contributed by atoms with Crippen LogP contribution in [0.4, 0.5) is 36.4 Å². The van der Waals surface area contributed by atoms with Crippen molar-refractivity contribution in [2.45, 2.75) is 35.5 Å². The number of pyridine rings is 1. The highest BCUT2D eigenvalue weighted by Gasteiger charge is 2.87. The van der Waals surface area contributed by atoms with E-state index in [0.29, 0.717) is 11.8 Å². The fraction of sp³-hybridized carbons (Fsp3) is 0.409. The van der Waals surface area contributed by atoms with E-state index in [-0.39, 0.29) is 27.9 Å². The maximum absolute atomic E-state index is 14.8. The number of amidine groups is 1. The van der Waals surface area contributed by atoms with Crippen molar-refractivity contribution in [1.82, 2.24) is 4.98 Å². The quantitative estimate of drug-likeness (QED) is 0.427. The van der Waals surface area contributed by atoms with Gasteiger partial charge < -0.3 is 20.9 Å². The molecule has 1 aromatic carbocycles. The largest absolute Gasteiger partial charge is 0.485 e. The lowest BCUT2D eigenvalue weighted by Crippen LogP contribution is -2.37. The van der Waals surface area contributed by atoms with Crippen molar-refractivity contribution >= 4 is 28.5 Å². The van der Waals surface area contributed by atoms with Crippen LogP contribution < -0.4 is 15.8 Å². The molecule has 4 N–H and O–H groups in total. The summed E-state index contributed by atoms with van der Waals surface area (Å²) in [5, 5.41) is 11.8. The van der Waals surface area contributed by atoms with Crippen LogP contribution in [-0.2, 0) is 5.54 Å². The van der Waals surface area contributed by atoms with Crippen LogP contribution in [-0.4, -0.2) is 57.4 Å². The molecule has 0 radical (unpaired) electrons. The van der Waals surface area contributed by atoms with Crippen molar-refractivity contribution in [3.05, 3.63) is 53.6 Å². The number of nitrogens with zero attached hydrogens (tertiary/aromatic N) is 2. The van der Waals surface area contributed by atoms with Crippen molar-refractivity contribution in [3.63, 3.8) is 0 Å². The fourth-order valence-electron chi connectivity index (χ4n) is 4.34. The number of anilines is 1. The molecule has 2 heterocycles. The number of nitrogens with two attached hydrogens (primary N) is 1. The van der Waals surface area contributed by atoms with E-state index in [1.54, 1.807) is 0 Å². The monoisotopic (exact) mass is 552 g/mol. The number of amides is 1. The molecule has 1 aliphatic carbocycles. The molecule has 1 aromatic heterocycles. The van der Waals surface area contributed by atoms with Gasteiger partial charge in [0.25, 0.3) is 11.8 Å². The maximum Gasteiger partial charge on any atom is 0.340 e. The Bertz CT molecular complexity index is 1250. The molecular weight excluding hydrogens is 533 g/mol. The topological polar surface area (TPSA) is 110 Å². The van der Waals surface area contributed by atoms with Crippen LogP contribution in [0.25, 0.3) is 0 Å². The van der Waals surface area contributed by atoms with Crippen LogP contribution >= 0.6 is 11.8 Å². The van der Waals surface area contributed by atoms with Crippen molar-refractivity contribution in [2.24, 2.45) is 16.6 Å². The number of carbonyl (C=O) groups excluding carboxylic acids is 1. The molecule has 0 unspecified atom stereocenters. The normalized spacial score (nSPS) is 26.3. The van der Waals surface area contributed by atoms with Crippen LogP contribution in [0.2, 0.25) is 0 Å². The lowest BCUT2D eigenvalue weighted by molar-refractivity contribution is -0.148. The van der Waals surface area contributed by atoms with E-state index in [0.717, 1.165) is 30.5 Å². The number of carbonyl (C=O) groups is 1. The third-order valence-corrected chi connectivity index (χ3v) is 7.53. The number of aliphatic hydroxyl groups excluding tert-OH is 1. The molecule has 200 valence electrons. The van der Waals surface area contributed by atoms with Gasteiger partial charge >= 0.3 is 12.3 Å². The Morgan fingerprint density at radius 1 is 1.30 bits per heavy atom. The zero-order valence-corrected chi connectivity index (χ0v) is 19.6. The molecule has 0 saturated heterocycles. The van der Waals surface area contributed by atoms with Crippen molar-refractivity contribution < 1.29 is 45.4 Å². The van der Waals surface area contributed by atoms with Gasteiger partial charge in [0.1, 0.15) is 22.0 Å². The highest BCUT2D eigenvalue weighted by molar-refractivity contribution is 8.15. The molecule has 0 bridgehead atoms. The van der Waals surface area contributed by atoms with Crippen LogP contribution in [0.5, 0.6) is 5.75 Å². The summed E-state index contributed by atoms with van der Waals surface area (Å²) in [6.07, 6.45) is -3.05. The second kappa shape index (κ2) is 9.04. The highest BCUT2D eigenvalue weighted by atomic mass is 32.2. The zero-order valence-electron chi connectivity index (χ0n) is 18.8. The van der Waals surface area contributed by atoms with Crippen LogP contribution in [0, 0.1) is 11.7 Å². The van der Waals surface area contributed by atoms with Crippen molar-refractivity contribution in [2.75, 3.05) is 18.5 Å². The number of aliphatic imine (C=N–C) groups is 1. The molecule has 2 aromatic rings. The lowest BCUT2D eigenvalue weighted by atomic mass is 9.85. The Balaban J connectivity index is 1.53. The number of hydrogen-bond acceptors (Lipinski definition) is 7. The number of aromatic nitrogens is 1. The van der Waals surface area contributed by atoms with Gasteiger partial charge in [-0.2, -0.15) is 8.78 Å². The van der Waals surface area contributed by atoms with E-state index >= 15 is 0 Å². The molecule has 7 nitrogen and oxygen atoms in total. The van der Waals surface area contributed by atoms with Gasteiger partial charge in [0.05, 0.1) is 24.3 Å². The molecule has 4 rings (SSSR count). The van der Waals surface area contributed by atoms with E-state index in [1.165, 1.54) is 13.0 Å². The summed E-state index contributed by atoms with van der Waals surface area (Å²) in [5.41, 5.74) is 3.35. The van der Waals surface area contributed by atoms with Gasteiger partial charge in [-0.05, 0) is 37.3 Å². The Labute approximate surface area is 209 Å². The van der Waals surface area contributed by atoms with Crippen molar-refractivity contribution in [1.29, 1.82) is 0 Å². The summed E-state index contributed by atoms with van der Waals surface area (Å²) in [7, 11) is 0. The van der Waals surface area contributed by atoms with Gasteiger partial charge in [-0.25, -0.2) is 26.9 Å². The second-order valence-corrected chi connectivity index (χ2v) is 10.0. The van der Waals surface area contributed by atoms with E-state index in [9.17, 15) is 40.6 Å². The molecule has 37 heavy (non-hydrogen) atoms. The predicted molar refractivity (Wildman–Crippen MR) is 120 cm³/mol. The van der Waals surface area contributed by atoms with Gasteiger partial charge in [-0.15, -0.1) is 0 Å². The predicted octanol–water partition coefficient (Wildman–Crippen LogP) is 4.03. The average molecular weight is 552 g/mol. The van der Waals surface area contributed by atoms with Crippen LogP contribution in [0.1, 0.15) is 23.0 Å². The number of hydrogen-bond donors (Lipinski definition) is 3. The average Bonchev–Trinajstić information content (AvgIpc) is 3.34. The lowest BCUT2D eigenvalue weighted by Gasteiger charge is -2.32. The molecule has 1 saturated carbocycles. The van der Waals surface area contributed by atoms with Crippen LogP contribution in [0.3, 0.4) is 0 Å². The molecule has 1 fully saturated rings. The molecule has 0 spiro atoms. The summed E-state index contributed by atoms with van der Waals surface area (Å²) in [5.74, 6) is -11.4. The molecule has 2 aliphatic rings. The third kappa shape index (κ3) is 4.47. The zero-order chi connectivity index (χ0) is 27.4. The van der Waals surface area contributed by atoms with Gasteiger partial charge in [0, 0.05) is 11.3 Å². The number of alkyl halides is 6. The number of nitrogens with one attached hydrogen (secondary N) is 1. The number of thioether (sulfide) groups is 1. The van der Waals surface area contributed by atoms with E-state index in [2.05, 4.69) is 20.0 Å². The number of halogens is 7. The standard InChI is InChI=1S/C22H19F7N4O3S/c1-19(16-20(8-34,22(16,28)29)37-18(30)33-19)12-6-10(2-4-13(12)23)32-15(35)14-5-3-11(7-31-14)36-9-21(26,27)17(24)25/h2-7,16-17,34H,8-9H2,1H3,(H2,30,33)(H,32,35)/t16-,19+,20+/m0/s1. The summed E-state index contributed by atoms with van der Waals surface area (Å²) in [4.78, 5) is 20.4. The highest BCUT2D eigenvalue weighted by Crippen LogP contribution is 2.74. The van der Waals surface area contributed by atoms with Gasteiger partial charge in [-0.1, -0.05) is 11.8 Å². The fourth-order valence-corrected chi connectivity index (χ4v) is 5.71. The summed E-state index contributed by atoms with van der Waals surface area (Å²) >= 11 is 0.530. The van der Waals surface area contributed by atoms with Crippen LogP contribution in [0.15, 0.2) is 41.5 Å². The minimum absolute atomic E-state index is 0.00751. The summed E-state index contributed by atoms with van der Waals surface area (Å²) < 4.78 is 97.4. The SMILES string of the molecule is C[C@]1(c2cc(NC(=O)c3ccc(OCC(F)(F)C(F)F)cn3)ccc2F)N=C(N)S[C@]2(CO)[C@H]1C2(F)F. The minimum Gasteiger partial charge on any atom is -0.485 e. The first kappa shape index (κ1) is 27.0. The third-order valence-electron chi connectivity index (χ3n) is 6.22. The Morgan fingerprint density at radius 2 is 2.00 bits per heavy atom. The minimum atomic E-state index is -4.38. The molecule has 1 aliphatic heterocycles. The first-order chi connectivity index (χ1) is 17.2. The number of aliphatic hydroxyl groups is 1. The smallest absolute Gasteiger partial charge is 0.340 e. The molecule has 15 heteroatoms. The number of rotatable bonds is 8. The first-order valence-electron chi connectivity index (χ1n) is 10.6. The first-order valence-corrected chi connectivity index (χ1v) is 11.4. The van der Waals surface area contributed by atoms with E-state index < -0.39 is 59.4 Å². The van der Waals surface area contributed by atoms with E-state index in [1.807, 2.05) is 0 Å². The summed E-state index contributed by atoms with van der Waals surface area (Å²) in [6.45, 7) is -1.25. The Hall–Kier alpha value is -3.07. The van der Waals surface area contributed by atoms with Gasteiger partial charge in [-0.3, -0.25) is 9.79 Å². The number of ether oxygens (including phenoxy) is 1.